The molecule has 0 aliphatic rings. The Labute approximate surface area is 216 Å². The van der Waals surface area contributed by atoms with Crippen LogP contribution in [0, 0.1) is 0 Å². The van der Waals surface area contributed by atoms with Gasteiger partial charge >= 0.3 is 0 Å². The molecule has 1 amide bonds. The highest BCUT2D eigenvalue weighted by Crippen LogP contribution is 2.27. The zero-order chi connectivity index (χ0) is 25.4. The Balaban J connectivity index is 1.83. The summed E-state index contributed by atoms with van der Waals surface area (Å²) < 4.78 is 34.3. The molecule has 6 nitrogen and oxygen atoms in total. The third-order valence-corrected chi connectivity index (χ3v) is 7.89. The molecule has 2 atom stereocenters. The second kappa shape index (κ2) is 12.4. The number of hydrogen-bond donors (Lipinski definition) is 2. The molecule has 0 bridgehead atoms. The van der Waals surface area contributed by atoms with Gasteiger partial charge in [0.25, 0.3) is 0 Å². The van der Waals surface area contributed by atoms with Crippen LogP contribution in [0.4, 0.5) is 0 Å². The minimum atomic E-state index is -4.04. The lowest BCUT2D eigenvalue weighted by Gasteiger charge is -2.22. The van der Waals surface area contributed by atoms with Gasteiger partial charge in [0.2, 0.25) is 15.9 Å². The molecule has 0 saturated carbocycles. The van der Waals surface area contributed by atoms with Gasteiger partial charge in [0.05, 0.1) is 22.6 Å². The first kappa shape index (κ1) is 27.1. The van der Waals surface area contributed by atoms with Crippen molar-refractivity contribution in [3.05, 3.63) is 88.9 Å². The van der Waals surface area contributed by atoms with Crippen LogP contribution in [0.2, 0.25) is 5.02 Å². The van der Waals surface area contributed by atoms with Crippen LogP contribution < -0.4 is 14.8 Å². The Kier molecular flexibility index (Phi) is 9.63. The van der Waals surface area contributed by atoms with Crippen LogP contribution in [0.25, 0.3) is 0 Å². The van der Waals surface area contributed by atoms with E-state index in [1.54, 1.807) is 11.8 Å². The Bertz CT molecular complexity index is 1240. The Hall–Kier alpha value is -2.52. The number of carbonyl (C=O) groups is 1. The molecule has 3 aromatic rings. The molecule has 3 aromatic carbocycles. The van der Waals surface area contributed by atoms with Gasteiger partial charge in [-0.15, -0.1) is 11.8 Å². The fourth-order valence-electron chi connectivity index (χ4n) is 3.50. The van der Waals surface area contributed by atoms with Crippen LogP contribution in [0.15, 0.2) is 82.6 Å². The van der Waals surface area contributed by atoms with Gasteiger partial charge in [-0.05, 0) is 68.0 Å². The van der Waals surface area contributed by atoms with Crippen molar-refractivity contribution >= 4 is 39.3 Å². The lowest BCUT2D eigenvalue weighted by Crippen LogP contribution is -2.48. The number of halogens is 1. The van der Waals surface area contributed by atoms with Crippen molar-refractivity contribution in [3.8, 4) is 5.75 Å². The maximum atomic E-state index is 13.3. The van der Waals surface area contributed by atoms with Gasteiger partial charge in [0, 0.05) is 4.90 Å². The summed E-state index contributed by atoms with van der Waals surface area (Å²) >= 11 is 7.84. The molecule has 0 heterocycles. The first-order valence-corrected chi connectivity index (χ1v) is 14.2. The monoisotopic (exact) mass is 532 g/mol. The fraction of sp³-hybridized carbons (Fsp3) is 0.269. The standard InChI is InChI=1S/C26H29ClN2O4S2/c1-4-33-25-15-14-22(17-23(25)27)35(31,32)29-24(16-19-8-6-5-7-9-19)26(30)28-18(2)20-10-12-21(34-3)13-11-20/h5-15,17-18,24,29H,4,16H2,1-3H3,(H,28,30). The number of benzene rings is 3. The van der Waals surface area contributed by atoms with Gasteiger partial charge < -0.3 is 10.1 Å². The summed E-state index contributed by atoms with van der Waals surface area (Å²) in [6, 6.07) is 20.1. The van der Waals surface area contributed by atoms with E-state index < -0.39 is 22.0 Å². The maximum absolute atomic E-state index is 13.3. The van der Waals surface area contributed by atoms with Crippen LogP contribution in [0.3, 0.4) is 0 Å². The number of hydrogen-bond acceptors (Lipinski definition) is 5. The molecule has 0 saturated heterocycles. The van der Waals surface area contributed by atoms with Crippen LogP contribution in [-0.2, 0) is 21.2 Å². The normalized spacial score (nSPS) is 13.1. The molecule has 0 aliphatic heterocycles. The van der Waals surface area contributed by atoms with E-state index in [9.17, 15) is 13.2 Å². The van der Waals surface area contributed by atoms with E-state index in [-0.39, 0.29) is 22.4 Å². The van der Waals surface area contributed by atoms with Crippen molar-refractivity contribution < 1.29 is 17.9 Å². The number of amides is 1. The molecule has 0 aromatic heterocycles. The molecule has 2 N–H and O–H groups in total. The van der Waals surface area contributed by atoms with Crippen LogP contribution in [0.1, 0.15) is 31.0 Å². The van der Waals surface area contributed by atoms with E-state index in [0.717, 1.165) is 16.0 Å². The lowest BCUT2D eigenvalue weighted by atomic mass is 10.0. The van der Waals surface area contributed by atoms with Crippen molar-refractivity contribution in [2.24, 2.45) is 0 Å². The molecule has 3 rings (SSSR count). The van der Waals surface area contributed by atoms with E-state index in [4.69, 9.17) is 16.3 Å². The van der Waals surface area contributed by atoms with Crippen molar-refractivity contribution in [3.63, 3.8) is 0 Å². The van der Waals surface area contributed by atoms with Gasteiger partial charge in [-0.25, -0.2) is 8.42 Å². The van der Waals surface area contributed by atoms with Gasteiger partial charge in [0.15, 0.2) is 0 Å². The van der Waals surface area contributed by atoms with Crippen molar-refractivity contribution in [1.82, 2.24) is 10.0 Å². The minimum absolute atomic E-state index is 0.0440. The zero-order valence-corrected chi connectivity index (χ0v) is 22.2. The van der Waals surface area contributed by atoms with Gasteiger partial charge in [-0.2, -0.15) is 4.72 Å². The molecule has 2 unspecified atom stereocenters. The fourth-order valence-corrected chi connectivity index (χ4v) is 5.43. The second-order valence-electron chi connectivity index (χ2n) is 7.89. The molecular weight excluding hydrogens is 504 g/mol. The summed E-state index contributed by atoms with van der Waals surface area (Å²) in [4.78, 5) is 14.4. The summed E-state index contributed by atoms with van der Waals surface area (Å²) in [6.45, 7) is 4.08. The summed E-state index contributed by atoms with van der Waals surface area (Å²) in [7, 11) is -4.04. The number of sulfonamides is 1. The van der Waals surface area contributed by atoms with Gasteiger partial charge in [-0.1, -0.05) is 54.1 Å². The summed E-state index contributed by atoms with van der Waals surface area (Å²) in [5.41, 5.74) is 1.76. The van der Waals surface area contributed by atoms with Crippen molar-refractivity contribution in [1.29, 1.82) is 0 Å². The minimum Gasteiger partial charge on any atom is -0.492 e. The quantitative estimate of drug-likeness (QED) is 0.330. The van der Waals surface area contributed by atoms with E-state index in [1.807, 2.05) is 74.7 Å². The largest absolute Gasteiger partial charge is 0.492 e. The SMILES string of the molecule is CCOc1ccc(S(=O)(=O)NC(Cc2ccccc2)C(=O)NC(C)c2ccc(SC)cc2)cc1Cl. The topological polar surface area (TPSA) is 84.5 Å². The Morgan fingerprint density at radius 2 is 1.74 bits per heavy atom. The molecule has 0 radical (unpaired) electrons. The van der Waals surface area contributed by atoms with Gasteiger partial charge in [-0.3, -0.25) is 4.79 Å². The predicted octanol–water partition coefficient (Wildman–Crippen LogP) is 5.23. The third kappa shape index (κ3) is 7.48. The molecular formula is C26H29ClN2O4S2. The zero-order valence-electron chi connectivity index (χ0n) is 19.8. The number of ether oxygens (including phenoxy) is 1. The molecule has 186 valence electrons. The molecule has 9 heteroatoms. The molecule has 0 spiro atoms. The first-order chi connectivity index (χ1) is 16.7. The number of thioether (sulfide) groups is 1. The summed E-state index contributed by atoms with van der Waals surface area (Å²) in [5, 5.41) is 3.13. The van der Waals surface area contributed by atoms with Crippen molar-refractivity contribution in [2.75, 3.05) is 12.9 Å². The third-order valence-electron chi connectivity index (χ3n) is 5.38. The second-order valence-corrected chi connectivity index (χ2v) is 10.9. The predicted molar refractivity (Wildman–Crippen MR) is 142 cm³/mol. The highest BCUT2D eigenvalue weighted by Gasteiger charge is 2.27. The highest BCUT2D eigenvalue weighted by molar-refractivity contribution is 7.98. The Morgan fingerprint density at radius 1 is 1.06 bits per heavy atom. The van der Waals surface area contributed by atoms with Crippen LogP contribution in [-0.4, -0.2) is 33.2 Å². The number of nitrogens with one attached hydrogen (secondary N) is 2. The molecule has 0 fully saturated rings. The summed E-state index contributed by atoms with van der Waals surface area (Å²) in [5.74, 6) is -0.0242. The van der Waals surface area contributed by atoms with Crippen LogP contribution in [0.5, 0.6) is 5.75 Å². The van der Waals surface area contributed by atoms with Crippen molar-refractivity contribution in [2.45, 2.75) is 42.1 Å². The maximum Gasteiger partial charge on any atom is 0.241 e. The highest BCUT2D eigenvalue weighted by atomic mass is 35.5. The smallest absolute Gasteiger partial charge is 0.241 e. The van der Waals surface area contributed by atoms with Crippen LogP contribution >= 0.6 is 23.4 Å². The van der Waals surface area contributed by atoms with E-state index in [2.05, 4.69) is 10.0 Å². The van der Waals surface area contributed by atoms with Gasteiger partial charge in [0.1, 0.15) is 11.8 Å². The lowest BCUT2D eigenvalue weighted by molar-refractivity contribution is -0.123. The average molecular weight is 533 g/mol. The van der Waals surface area contributed by atoms with E-state index >= 15 is 0 Å². The number of carbonyl (C=O) groups excluding carboxylic acids is 1. The van der Waals surface area contributed by atoms with E-state index in [0.29, 0.717) is 12.4 Å². The number of rotatable bonds is 11. The first-order valence-electron chi connectivity index (χ1n) is 11.2. The molecule has 35 heavy (non-hydrogen) atoms. The Morgan fingerprint density at radius 3 is 2.34 bits per heavy atom. The molecule has 0 aliphatic carbocycles. The average Bonchev–Trinajstić information content (AvgIpc) is 2.85. The van der Waals surface area contributed by atoms with E-state index in [1.165, 1.54) is 18.2 Å². The summed E-state index contributed by atoms with van der Waals surface area (Å²) in [6.07, 6.45) is 2.19.